The molecule has 354 valence electrons. The van der Waals surface area contributed by atoms with Crippen molar-refractivity contribution in [1.29, 1.82) is 0 Å². The van der Waals surface area contributed by atoms with E-state index in [1.165, 1.54) is 11.1 Å². The van der Waals surface area contributed by atoms with Crippen LogP contribution in [0.2, 0.25) is 0 Å². The summed E-state index contributed by atoms with van der Waals surface area (Å²) in [5.41, 5.74) is 13.2. The molecule has 0 aliphatic rings. The number of benzene rings is 8. The van der Waals surface area contributed by atoms with E-state index in [4.69, 9.17) is 9.47 Å². The molecule has 0 fully saturated rings. The molecule has 0 aliphatic carbocycles. The number of aromatic nitrogens is 2. The Morgan fingerprint density at radius 3 is 1.06 bits per heavy atom. The first-order valence-electron chi connectivity index (χ1n) is 24.2. The molecular weight excluding hydrogens is 940 g/mol. The van der Waals surface area contributed by atoms with Gasteiger partial charge in [-0.1, -0.05) is 114 Å². The normalized spacial score (nSPS) is 11.7. The van der Waals surface area contributed by atoms with Crippen molar-refractivity contribution < 1.29 is 45.9 Å². The topological polar surface area (TPSA) is 75.9 Å². The Bertz CT molecular complexity index is 3190. The number of rotatable bonds is 10. The van der Waals surface area contributed by atoms with Crippen LogP contribution in [0.25, 0.3) is 77.2 Å². The molecule has 0 unspecified atom stereocenters. The van der Waals surface area contributed by atoms with E-state index in [-0.39, 0.29) is 48.5 Å². The maximum Gasteiger partial charge on any atom is 0.262 e. The van der Waals surface area contributed by atoms with Gasteiger partial charge in [-0.25, -0.2) is 0 Å². The summed E-state index contributed by atoms with van der Waals surface area (Å²) in [6.07, 6.45) is 0.708. The molecule has 70 heavy (non-hydrogen) atoms. The molecule has 10 aromatic rings. The maximum atomic E-state index is 12.4. The number of nitrogens with zero attached hydrogens (tertiary/aromatic N) is 2. The van der Waals surface area contributed by atoms with E-state index in [1.54, 1.807) is 6.92 Å². The van der Waals surface area contributed by atoms with E-state index in [0.29, 0.717) is 19.6 Å². The summed E-state index contributed by atoms with van der Waals surface area (Å²) in [5, 5.41) is 29.4. The zero-order valence-corrected chi connectivity index (χ0v) is 44.5. The van der Waals surface area contributed by atoms with Gasteiger partial charge in [-0.3, -0.25) is 0 Å². The van der Waals surface area contributed by atoms with Crippen LogP contribution >= 0.6 is 0 Å². The monoisotopic (exact) mass is 1000 g/mol. The number of para-hydroxylation sites is 4. The summed E-state index contributed by atoms with van der Waals surface area (Å²) in [5.74, 6) is 2.11. The van der Waals surface area contributed by atoms with Crippen LogP contribution in [0.4, 0.5) is 0 Å². The Balaban J connectivity index is 0.00000217. The fraction of sp³-hybridized carbons (Fsp3) is 0.222. The van der Waals surface area contributed by atoms with Crippen LogP contribution in [0, 0.1) is 20.8 Å². The number of aliphatic hydroxyl groups is 2. The van der Waals surface area contributed by atoms with Gasteiger partial charge in [0.2, 0.25) is 0 Å². The predicted molar refractivity (Wildman–Crippen MR) is 291 cm³/mol. The zero-order valence-electron chi connectivity index (χ0n) is 42.0. The van der Waals surface area contributed by atoms with Crippen molar-refractivity contribution in [3.8, 4) is 56.6 Å². The standard InChI is InChI=1S/C61H58N2O4.C2H5.Zr/c1-38-32-48(58(64)54(34-38)62-50-22-13-9-18-42(50)43-19-10-14-23-51(43)62)46-36-40(60(3,4)5)26-28-56(46)66-30-17-31-67-57-29-27-41(61(6,7)8)37-47(57)49-33-39(2)35-55(59(49)65)63-52-24-15-11-20-44(52)45-21-12-16-25-53(45)63;1-2;/h9-16,18-29,32-37,64-65H,17,30-31H2,1-8H3;1H2,2H3;/q;-1;/p+2. The average molecular weight is 1010 g/mol. The number of hydrogen-bond donors (Lipinski definition) is 2. The summed E-state index contributed by atoms with van der Waals surface area (Å²) in [4.78, 5) is 0. The zero-order chi connectivity index (χ0) is 48.8. The van der Waals surface area contributed by atoms with E-state index in [2.05, 4.69) is 229 Å². The molecule has 2 heterocycles. The van der Waals surface area contributed by atoms with Gasteiger partial charge < -0.3 is 35.7 Å². The first-order valence-corrected chi connectivity index (χ1v) is 24.2. The molecule has 4 N–H and O–H groups in total. The number of fused-ring (bicyclic) bond motifs is 6. The molecule has 0 radical (unpaired) electrons. The van der Waals surface area contributed by atoms with Gasteiger partial charge in [0.15, 0.2) is 13.2 Å². The van der Waals surface area contributed by atoms with E-state index >= 15 is 0 Å². The minimum absolute atomic E-state index is 0. The van der Waals surface area contributed by atoms with Crippen LogP contribution in [0.5, 0.6) is 23.0 Å². The molecule has 0 aliphatic heterocycles. The van der Waals surface area contributed by atoms with Crippen molar-refractivity contribution in [2.45, 2.75) is 79.6 Å². The van der Waals surface area contributed by atoms with E-state index in [0.717, 1.165) is 99.9 Å². The molecule has 7 heteroatoms. The molecule has 0 saturated heterocycles. The number of aryl methyl sites for hydroxylation is 2. The second-order valence-corrected chi connectivity index (χ2v) is 20.2. The molecular formula is C63H65N2O4Zr+. The summed E-state index contributed by atoms with van der Waals surface area (Å²) < 4.78 is 14.8. The second-order valence-electron chi connectivity index (χ2n) is 20.2. The molecule has 0 bridgehead atoms. The van der Waals surface area contributed by atoms with Gasteiger partial charge in [-0.15, -0.1) is 0 Å². The number of hydrogen-bond acceptors (Lipinski definition) is 2. The summed E-state index contributed by atoms with van der Waals surface area (Å²) in [6.45, 7) is 23.6. The molecule has 0 saturated carbocycles. The molecule has 10 rings (SSSR count). The Morgan fingerprint density at radius 2 is 0.743 bits per heavy atom. The fourth-order valence-corrected chi connectivity index (χ4v) is 9.82. The van der Waals surface area contributed by atoms with Crippen molar-refractivity contribution in [2.75, 3.05) is 13.2 Å². The molecule has 2 aromatic heterocycles. The van der Waals surface area contributed by atoms with Gasteiger partial charge in [-0.05, 0) is 120 Å². The minimum Gasteiger partial charge on any atom is -0.582 e. The quantitative estimate of drug-likeness (QED) is 0.0814. The first-order chi connectivity index (χ1) is 33.2. The van der Waals surface area contributed by atoms with Crippen molar-refractivity contribution in [2.24, 2.45) is 0 Å². The number of phenolic OH excluding ortho intramolecular Hbond substituents is 2. The van der Waals surface area contributed by atoms with Gasteiger partial charge in [0, 0.05) is 71.0 Å². The summed E-state index contributed by atoms with van der Waals surface area (Å²) >= 11 is 0. The first kappa shape index (κ1) is 49.9. The molecule has 0 atom stereocenters. The van der Waals surface area contributed by atoms with Gasteiger partial charge in [0.1, 0.15) is 17.9 Å². The van der Waals surface area contributed by atoms with Gasteiger partial charge >= 0.3 is 0 Å². The molecule has 0 spiro atoms. The average Bonchev–Trinajstić information content (AvgIpc) is 3.86. The van der Waals surface area contributed by atoms with Gasteiger partial charge in [0.05, 0.1) is 44.6 Å². The van der Waals surface area contributed by atoms with Crippen LogP contribution in [-0.4, -0.2) is 42.0 Å². The molecule has 0 amide bonds. The van der Waals surface area contributed by atoms with Crippen molar-refractivity contribution in [3.63, 3.8) is 0 Å². The van der Waals surface area contributed by atoms with E-state index in [9.17, 15) is 10.2 Å². The number of phenols is 2. The maximum absolute atomic E-state index is 12.4. The third-order valence-corrected chi connectivity index (χ3v) is 13.3. The largest absolute Gasteiger partial charge is 0.582 e. The van der Waals surface area contributed by atoms with Crippen LogP contribution in [-0.2, 0) is 37.0 Å². The van der Waals surface area contributed by atoms with Crippen molar-refractivity contribution >= 4 is 43.6 Å². The number of ether oxygens (including phenoxy) is 2. The Labute approximate surface area is 432 Å². The summed E-state index contributed by atoms with van der Waals surface area (Å²) in [6, 6.07) is 54.9. The van der Waals surface area contributed by atoms with Crippen LogP contribution in [0.3, 0.4) is 0 Å². The van der Waals surface area contributed by atoms with Crippen molar-refractivity contribution in [3.05, 3.63) is 187 Å². The second kappa shape index (κ2) is 20.0. The third-order valence-electron chi connectivity index (χ3n) is 13.3. The molecule has 6 nitrogen and oxygen atoms in total. The van der Waals surface area contributed by atoms with Gasteiger partial charge in [-0.2, -0.15) is 6.92 Å². The van der Waals surface area contributed by atoms with Crippen LogP contribution in [0.15, 0.2) is 158 Å². The smallest absolute Gasteiger partial charge is 0.262 e. The predicted octanol–water partition coefficient (Wildman–Crippen LogP) is 16.2. The van der Waals surface area contributed by atoms with E-state index < -0.39 is 0 Å². The Kier molecular flexibility index (Phi) is 14.3. The van der Waals surface area contributed by atoms with Crippen LogP contribution < -0.4 is 0 Å². The fourth-order valence-electron chi connectivity index (χ4n) is 9.82. The Morgan fingerprint density at radius 1 is 0.429 bits per heavy atom. The van der Waals surface area contributed by atoms with Gasteiger partial charge in [0.25, 0.3) is 11.5 Å². The van der Waals surface area contributed by atoms with Crippen molar-refractivity contribution in [1.82, 2.24) is 9.13 Å². The van der Waals surface area contributed by atoms with Crippen LogP contribution in [0.1, 0.15) is 77.1 Å². The minimum atomic E-state index is -0.114. The number of aromatic hydroxyl groups is 4. The molecule has 8 aromatic carbocycles. The Hall–Kier alpha value is -6.56. The summed E-state index contributed by atoms with van der Waals surface area (Å²) in [7, 11) is 0. The van der Waals surface area contributed by atoms with E-state index in [1.807, 2.05) is 0 Å². The SMILES string of the molecule is Cc1cc(-c2cc(C(C)(C)C)ccc2[OH+]CCC[OH+]c2ccc(C(C)(C)C)cc2-c2cc(C)cc(-n3c4ccccc4c4ccccc43)c2O)c(O)c(-n2c3ccccc3c3ccccc32)c1.[CH2-]C.[Zr]. The third kappa shape index (κ3) is 9.29.